The van der Waals surface area contributed by atoms with Crippen LogP contribution in [0.2, 0.25) is 0 Å². The van der Waals surface area contributed by atoms with E-state index in [2.05, 4.69) is 163 Å². The number of hydrazine groups is 1. The molecule has 0 spiro atoms. The molecule has 1 fully saturated rings. The summed E-state index contributed by atoms with van der Waals surface area (Å²) < 4.78 is 2.01. The molecule has 0 unspecified atom stereocenters. The van der Waals surface area contributed by atoms with Gasteiger partial charge in [0.1, 0.15) is 0 Å². The molecule has 5 aromatic rings. The van der Waals surface area contributed by atoms with Gasteiger partial charge < -0.3 is 0 Å². The molecule has 2 atom stereocenters. The van der Waals surface area contributed by atoms with Crippen LogP contribution in [0, 0.1) is 6.92 Å². The van der Waals surface area contributed by atoms with Crippen LogP contribution in [0.4, 0.5) is 17.1 Å². The van der Waals surface area contributed by atoms with Crippen LogP contribution in [0.15, 0.2) is 135 Å². The van der Waals surface area contributed by atoms with E-state index in [-0.39, 0.29) is 0 Å². The molecule has 42 heavy (non-hydrogen) atoms. The highest BCUT2D eigenvalue weighted by atomic mass is 79.9. The number of thiocarbonyl (C=S) groups is 1. The van der Waals surface area contributed by atoms with E-state index in [4.69, 9.17) is 17.3 Å². The zero-order chi connectivity index (χ0) is 28.6. The van der Waals surface area contributed by atoms with Crippen LogP contribution in [0.5, 0.6) is 0 Å². The molecule has 8 rings (SSSR count). The van der Waals surface area contributed by atoms with Crippen LogP contribution in [-0.4, -0.2) is 9.92 Å². The third-order valence-electron chi connectivity index (χ3n) is 8.42. The quantitative estimate of drug-likeness (QED) is 0.151. The lowest BCUT2D eigenvalue weighted by atomic mass is 9.71. The predicted octanol–water partition coefficient (Wildman–Crippen LogP) is 9.13. The van der Waals surface area contributed by atoms with E-state index in [1.54, 1.807) is 0 Å². The van der Waals surface area contributed by atoms with Crippen LogP contribution in [0.25, 0.3) is 11.1 Å². The molecule has 3 aliphatic rings. The maximum atomic E-state index is 6.50. The molecule has 5 nitrogen and oxygen atoms in total. The summed E-state index contributed by atoms with van der Waals surface area (Å²) in [7, 11) is 0. The van der Waals surface area contributed by atoms with E-state index in [9.17, 15) is 0 Å². The van der Waals surface area contributed by atoms with Gasteiger partial charge in [0.05, 0.1) is 0 Å². The Hall–Kier alpha value is -3.85. The van der Waals surface area contributed by atoms with Gasteiger partial charge in [0.25, 0.3) is 17.0 Å². The van der Waals surface area contributed by atoms with Gasteiger partial charge in [0, 0.05) is 53.5 Å². The summed E-state index contributed by atoms with van der Waals surface area (Å²) in [6.45, 7) is 2.10. The number of anilines is 2. The van der Waals surface area contributed by atoms with Crippen LogP contribution in [0.3, 0.4) is 0 Å². The van der Waals surface area contributed by atoms with Crippen molar-refractivity contribution in [3.05, 3.63) is 147 Å². The maximum Gasteiger partial charge on any atom is 0.282 e. The highest BCUT2D eigenvalue weighted by Gasteiger charge is 2.79. The minimum Gasteiger partial charge on any atom is -0.282 e. The molecule has 0 bridgehead atoms. The predicted molar refractivity (Wildman–Crippen MR) is 178 cm³/mol. The first-order valence-corrected chi connectivity index (χ1v) is 15.7. The van der Waals surface area contributed by atoms with Crippen molar-refractivity contribution in [3.8, 4) is 11.1 Å². The van der Waals surface area contributed by atoms with Crippen LogP contribution < -0.4 is 15.2 Å². The molecule has 0 amide bonds. The van der Waals surface area contributed by atoms with E-state index >= 15 is 0 Å². The summed E-state index contributed by atoms with van der Waals surface area (Å²) in [5.41, 5.74) is 10.6. The van der Waals surface area contributed by atoms with Gasteiger partial charge in [-0.05, 0) is 78.8 Å². The number of hydrogen-bond donors (Lipinski definition) is 1. The molecule has 1 saturated heterocycles. The van der Waals surface area contributed by atoms with Crippen LogP contribution in [0.1, 0.15) is 16.7 Å². The number of nitrogens with one attached hydrogen (secondary N) is 1. The molecule has 0 aromatic heterocycles. The molecule has 1 N–H and O–H groups in total. The average molecular weight is 694 g/mol. The number of halogens is 2. The second-order valence-electron chi connectivity index (χ2n) is 10.7. The number of benzene rings is 5. The molecule has 0 radical (unpaired) electrons. The highest BCUT2D eigenvalue weighted by molar-refractivity contribution is 9.10. The molecule has 2 heterocycles. The Kier molecular flexibility index (Phi) is 5.74. The summed E-state index contributed by atoms with van der Waals surface area (Å²) >= 11 is 13.7. The van der Waals surface area contributed by atoms with E-state index in [1.807, 2.05) is 16.9 Å². The van der Waals surface area contributed by atoms with Gasteiger partial charge in [0.2, 0.25) is 0 Å². The molecule has 1 aliphatic carbocycles. The molecule has 8 heteroatoms. The third kappa shape index (κ3) is 3.37. The molecule has 204 valence electrons. The maximum absolute atomic E-state index is 6.50. The van der Waals surface area contributed by atoms with Gasteiger partial charge in [-0.25, -0.2) is 0 Å². The topological polar surface area (TPSA) is 33.9 Å². The SMILES string of the molecule is Cc1ccc(N2C(=S)N(c3ccc(Br)cc3)[C@]34N[N+](c5ccc(Br)cc5)=N[C@]23c2ccccc2-c2ccccc24)cc1. The summed E-state index contributed by atoms with van der Waals surface area (Å²) in [5.74, 6) is 0. The fraction of sp³-hybridized carbons (Fsp3) is 0.0882. The molecule has 0 saturated carbocycles. The zero-order valence-corrected chi connectivity index (χ0v) is 26.5. The second kappa shape index (κ2) is 9.33. The first kappa shape index (κ1) is 25.8. The standard InChI is InChI=1S/C34H24Br2N5S/c1-22-10-16-25(17-11-22)39-32(42)40(26-18-12-23(35)13-19-26)34-31-9-5-3-7-29(31)28-6-2-4-8-30(28)33(34,39)37-41(38-34)27-20-14-24(36)15-21-27/h2-21H,1H3,(H,37,38)/q+1/t33-,34+/m1/s1. The van der Waals surface area contributed by atoms with Gasteiger partial charge >= 0.3 is 0 Å². The van der Waals surface area contributed by atoms with Crippen molar-refractivity contribution >= 4 is 66.3 Å². The first-order chi connectivity index (χ1) is 20.4. The van der Waals surface area contributed by atoms with Crippen LogP contribution in [-0.2, 0) is 11.3 Å². The normalized spacial score (nSPS) is 21.7. The average Bonchev–Trinajstić information content (AvgIpc) is 3.47. The van der Waals surface area contributed by atoms with Gasteiger partial charge in [-0.15, -0.1) is 5.43 Å². The molecular weight excluding hydrogens is 670 g/mol. The van der Waals surface area contributed by atoms with Crippen molar-refractivity contribution in [1.82, 2.24) is 5.43 Å². The van der Waals surface area contributed by atoms with Crippen molar-refractivity contribution < 1.29 is 4.81 Å². The number of nitrogens with zero attached hydrogens (tertiary/aromatic N) is 4. The highest BCUT2D eigenvalue weighted by Crippen LogP contribution is 2.64. The van der Waals surface area contributed by atoms with Gasteiger partial charge in [-0.2, -0.15) is 0 Å². The number of fused-ring (bicyclic) bond motifs is 3. The zero-order valence-electron chi connectivity index (χ0n) is 22.5. The van der Waals surface area contributed by atoms with Crippen LogP contribution >= 0.6 is 44.1 Å². The summed E-state index contributed by atoms with van der Waals surface area (Å²) in [5, 5.41) is 6.32. The van der Waals surface area contributed by atoms with E-state index in [0.29, 0.717) is 5.11 Å². The Morgan fingerprint density at radius 1 is 0.667 bits per heavy atom. The van der Waals surface area contributed by atoms with E-state index < -0.39 is 11.3 Å². The fourth-order valence-electron chi connectivity index (χ4n) is 6.65. The van der Waals surface area contributed by atoms with Crippen molar-refractivity contribution in [2.75, 3.05) is 9.80 Å². The Balaban J connectivity index is 1.53. The Morgan fingerprint density at radius 3 is 1.86 bits per heavy atom. The van der Waals surface area contributed by atoms with Crippen molar-refractivity contribution in [2.45, 2.75) is 18.2 Å². The monoisotopic (exact) mass is 692 g/mol. The third-order valence-corrected chi connectivity index (χ3v) is 9.84. The largest absolute Gasteiger partial charge is 0.282 e. The number of rotatable bonds is 3. The van der Waals surface area contributed by atoms with Crippen molar-refractivity contribution in [1.29, 1.82) is 0 Å². The fourth-order valence-corrected chi connectivity index (χ4v) is 7.66. The van der Waals surface area contributed by atoms with Crippen molar-refractivity contribution in [2.24, 2.45) is 5.11 Å². The summed E-state index contributed by atoms with van der Waals surface area (Å²) in [4.78, 5) is 6.43. The summed E-state index contributed by atoms with van der Waals surface area (Å²) in [6, 6.07) is 42.3. The number of azo groups is 1. The molecule has 5 aromatic carbocycles. The smallest absolute Gasteiger partial charge is 0.282 e. The van der Waals surface area contributed by atoms with Gasteiger partial charge in [-0.3, -0.25) is 9.80 Å². The number of aryl methyl sites for hydroxylation is 1. The molecule has 2 aliphatic heterocycles. The second-order valence-corrected chi connectivity index (χ2v) is 12.9. The molecular formula is C34H24Br2N5S+. The lowest BCUT2D eigenvalue weighted by Gasteiger charge is -2.44. The Labute approximate surface area is 266 Å². The minimum atomic E-state index is -0.982. The number of hydrogen-bond acceptors (Lipinski definition) is 3. The minimum absolute atomic E-state index is 0.666. The lowest BCUT2D eigenvalue weighted by Crippen LogP contribution is -2.63. The first-order valence-electron chi connectivity index (χ1n) is 13.7. The van der Waals surface area contributed by atoms with E-state index in [0.717, 1.165) is 48.3 Å². The Bertz CT molecular complexity index is 1920. The van der Waals surface area contributed by atoms with Gasteiger partial charge in [0.15, 0.2) is 5.11 Å². The lowest BCUT2D eigenvalue weighted by molar-refractivity contribution is -0.568. The Morgan fingerprint density at radius 2 is 1.19 bits per heavy atom. The van der Waals surface area contributed by atoms with Gasteiger partial charge in [-0.1, -0.05) is 98.1 Å². The summed E-state index contributed by atoms with van der Waals surface area (Å²) in [6.07, 6.45) is 0. The van der Waals surface area contributed by atoms with Crippen molar-refractivity contribution in [3.63, 3.8) is 0 Å². The van der Waals surface area contributed by atoms with E-state index in [1.165, 1.54) is 5.56 Å².